The SMILES string of the molecule is O=C(c1cncs1)N1CCC(Cc2cnc3ccccc3c2)C1. The monoisotopic (exact) mass is 323 g/mol. The van der Waals surface area contributed by atoms with Crippen molar-refractivity contribution < 1.29 is 4.79 Å². The molecule has 1 saturated heterocycles. The van der Waals surface area contributed by atoms with Crippen molar-refractivity contribution >= 4 is 28.1 Å². The van der Waals surface area contributed by atoms with E-state index in [0.29, 0.717) is 5.92 Å². The molecule has 1 aromatic carbocycles. The Kier molecular flexibility index (Phi) is 3.79. The summed E-state index contributed by atoms with van der Waals surface area (Å²) < 4.78 is 0. The van der Waals surface area contributed by atoms with Gasteiger partial charge in [-0.15, -0.1) is 11.3 Å². The first-order valence-electron chi connectivity index (χ1n) is 7.81. The molecule has 3 heterocycles. The fourth-order valence-electron chi connectivity index (χ4n) is 3.22. The molecular formula is C18H17N3OS. The third-order valence-electron chi connectivity index (χ3n) is 4.39. The Labute approximate surface area is 138 Å². The Hall–Kier alpha value is -2.27. The number of carbonyl (C=O) groups is 1. The zero-order valence-electron chi connectivity index (χ0n) is 12.7. The van der Waals surface area contributed by atoms with Crippen molar-refractivity contribution in [2.45, 2.75) is 12.8 Å². The van der Waals surface area contributed by atoms with Crippen molar-refractivity contribution in [2.24, 2.45) is 5.92 Å². The van der Waals surface area contributed by atoms with Gasteiger partial charge >= 0.3 is 0 Å². The van der Waals surface area contributed by atoms with Gasteiger partial charge in [0, 0.05) is 24.7 Å². The van der Waals surface area contributed by atoms with Crippen LogP contribution in [0, 0.1) is 5.92 Å². The fourth-order valence-corrected chi connectivity index (χ4v) is 3.81. The van der Waals surface area contributed by atoms with Gasteiger partial charge in [-0.1, -0.05) is 18.2 Å². The van der Waals surface area contributed by atoms with Crippen LogP contribution in [-0.2, 0) is 6.42 Å². The number of aromatic nitrogens is 2. The summed E-state index contributed by atoms with van der Waals surface area (Å²) in [4.78, 5) is 23.6. The van der Waals surface area contributed by atoms with E-state index in [4.69, 9.17) is 0 Å². The van der Waals surface area contributed by atoms with Gasteiger partial charge in [0.2, 0.25) is 0 Å². The van der Waals surface area contributed by atoms with Crippen LogP contribution in [0.2, 0.25) is 0 Å². The van der Waals surface area contributed by atoms with Crippen LogP contribution >= 0.6 is 11.3 Å². The summed E-state index contributed by atoms with van der Waals surface area (Å²) in [5, 5.41) is 1.18. The molecule has 1 aliphatic heterocycles. The zero-order chi connectivity index (χ0) is 15.6. The number of fused-ring (bicyclic) bond motifs is 1. The van der Waals surface area contributed by atoms with Crippen LogP contribution in [0.1, 0.15) is 21.7 Å². The quantitative estimate of drug-likeness (QED) is 0.742. The lowest BCUT2D eigenvalue weighted by molar-refractivity contribution is 0.0791. The number of benzene rings is 1. The Morgan fingerprint density at radius 3 is 3.09 bits per heavy atom. The van der Waals surface area contributed by atoms with Crippen molar-refractivity contribution in [3.05, 3.63) is 58.7 Å². The minimum atomic E-state index is 0.117. The number of hydrogen-bond donors (Lipinski definition) is 0. The lowest BCUT2D eigenvalue weighted by Crippen LogP contribution is -2.28. The van der Waals surface area contributed by atoms with Gasteiger partial charge in [-0.3, -0.25) is 14.8 Å². The van der Waals surface area contributed by atoms with E-state index in [1.165, 1.54) is 22.3 Å². The molecule has 0 spiro atoms. The first-order valence-corrected chi connectivity index (χ1v) is 8.69. The van der Waals surface area contributed by atoms with Crippen molar-refractivity contribution in [3.8, 4) is 0 Å². The minimum absolute atomic E-state index is 0.117. The molecule has 1 fully saturated rings. The number of thiazole rings is 1. The largest absolute Gasteiger partial charge is 0.338 e. The molecule has 4 rings (SSSR count). The molecule has 0 aliphatic carbocycles. The second-order valence-corrected chi connectivity index (χ2v) is 6.90. The lowest BCUT2D eigenvalue weighted by atomic mass is 9.99. The Morgan fingerprint density at radius 2 is 2.22 bits per heavy atom. The molecular weight excluding hydrogens is 306 g/mol. The molecule has 0 N–H and O–H groups in total. The Bertz CT molecular complexity index is 831. The Balaban J connectivity index is 1.44. The van der Waals surface area contributed by atoms with Crippen LogP contribution in [0.3, 0.4) is 0 Å². The number of amides is 1. The van der Waals surface area contributed by atoms with Crippen LogP contribution in [0.25, 0.3) is 10.9 Å². The predicted molar refractivity (Wildman–Crippen MR) is 91.6 cm³/mol. The topological polar surface area (TPSA) is 46.1 Å². The third kappa shape index (κ3) is 2.97. The van der Waals surface area contributed by atoms with E-state index in [2.05, 4.69) is 22.1 Å². The van der Waals surface area contributed by atoms with Crippen molar-refractivity contribution in [3.63, 3.8) is 0 Å². The highest BCUT2D eigenvalue weighted by atomic mass is 32.1. The first kappa shape index (κ1) is 14.3. The molecule has 0 radical (unpaired) electrons. The van der Waals surface area contributed by atoms with Crippen LogP contribution in [0.4, 0.5) is 0 Å². The number of pyridine rings is 1. The maximum atomic E-state index is 12.4. The summed E-state index contributed by atoms with van der Waals surface area (Å²) in [5.41, 5.74) is 3.99. The molecule has 0 bridgehead atoms. The second kappa shape index (κ2) is 6.08. The van der Waals surface area contributed by atoms with Gasteiger partial charge in [-0.05, 0) is 36.5 Å². The summed E-state index contributed by atoms with van der Waals surface area (Å²) in [7, 11) is 0. The lowest BCUT2D eigenvalue weighted by Gasteiger charge is -2.15. The number of hydrogen-bond acceptors (Lipinski definition) is 4. The molecule has 1 amide bonds. The summed E-state index contributed by atoms with van der Waals surface area (Å²) in [5.74, 6) is 0.626. The number of rotatable bonds is 3. The minimum Gasteiger partial charge on any atom is -0.338 e. The highest BCUT2D eigenvalue weighted by Crippen LogP contribution is 2.24. The van der Waals surface area contributed by atoms with Gasteiger partial charge in [0.1, 0.15) is 4.88 Å². The van der Waals surface area contributed by atoms with Gasteiger partial charge in [0.25, 0.3) is 5.91 Å². The van der Waals surface area contributed by atoms with Gasteiger partial charge in [0.15, 0.2) is 0 Å². The number of nitrogens with zero attached hydrogens (tertiary/aromatic N) is 3. The standard InChI is InChI=1S/C18H17N3OS/c22-18(17-10-19-12-23-17)21-6-5-13(11-21)7-14-8-15-3-1-2-4-16(15)20-9-14/h1-4,8-10,12-13H,5-7,11H2. The molecule has 0 saturated carbocycles. The predicted octanol–water partition coefficient (Wildman–Crippen LogP) is 3.40. The van der Waals surface area contributed by atoms with E-state index in [9.17, 15) is 4.79 Å². The summed E-state index contributed by atoms with van der Waals surface area (Å²) >= 11 is 1.41. The van der Waals surface area contributed by atoms with Crippen LogP contribution < -0.4 is 0 Å². The molecule has 1 atom stereocenters. The average molecular weight is 323 g/mol. The molecule has 1 unspecified atom stereocenters. The van der Waals surface area contributed by atoms with Crippen molar-refractivity contribution in [1.29, 1.82) is 0 Å². The molecule has 116 valence electrons. The van der Waals surface area contributed by atoms with E-state index >= 15 is 0 Å². The summed E-state index contributed by atoms with van der Waals surface area (Å²) in [6, 6.07) is 10.4. The number of likely N-dealkylation sites (tertiary alicyclic amines) is 1. The molecule has 5 heteroatoms. The highest BCUT2D eigenvalue weighted by molar-refractivity contribution is 7.11. The zero-order valence-corrected chi connectivity index (χ0v) is 13.5. The van der Waals surface area contributed by atoms with Crippen LogP contribution in [-0.4, -0.2) is 33.9 Å². The molecule has 1 aliphatic rings. The molecule has 2 aromatic heterocycles. The first-order chi connectivity index (χ1) is 11.3. The van der Waals surface area contributed by atoms with E-state index in [1.807, 2.05) is 29.3 Å². The van der Waals surface area contributed by atoms with E-state index in [1.54, 1.807) is 11.7 Å². The van der Waals surface area contributed by atoms with E-state index in [-0.39, 0.29) is 5.91 Å². The number of para-hydroxylation sites is 1. The van der Waals surface area contributed by atoms with Gasteiger partial charge in [-0.25, -0.2) is 0 Å². The van der Waals surface area contributed by atoms with E-state index in [0.717, 1.165) is 36.3 Å². The average Bonchev–Trinajstić information content (AvgIpc) is 3.26. The van der Waals surface area contributed by atoms with E-state index < -0.39 is 0 Å². The molecule has 23 heavy (non-hydrogen) atoms. The maximum absolute atomic E-state index is 12.4. The molecule has 3 aromatic rings. The summed E-state index contributed by atoms with van der Waals surface area (Å²) in [6.07, 6.45) is 5.66. The van der Waals surface area contributed by atoms with Crippen LogP contribution in [0.15, 0.2) is 48.2 Å². The fraction of sp³-hybridized carbons (Fsp3) is 0.278. The van der Waals surface area contributed by atoms with Gasteiger partial charge < -0.3 is 4.90 Å². The third-order valence-corrected chi connectivity index (χ3v) is 5.15. The van der Waals surface area contributed by atoms with Gasteiger partial charge in [0.05, 0.1) is 17.2 Å². The normalized spacial score (nSPS) is 17.7. The Morgan fingerprint density at radius 1 is 1.30 bits per heavy atom. The van der Waals surface area contributed by atoms with Crippen LogP contribution in [0.5, 0.6) is 0 Å². The van der Waals surface area contributed by atoms with Crippen molar-refractivity contribution in [1.82, 2.24) is 14.9 Å². The van der Waals surface area contributed by atoms with Crippen molar-refractivity contribution in [2.75, 3.05) is 13.1 Å². The molecule has 4 nitrogen and oxygen atoms in total. The smallest absolute Gasteiger partial charge is 0.265 e. The summed E-state index contributed by atoms with van der Waals surface area (Å²) in [6.45, 7) is 1.66. The highest BCUT2D eigenvalue weighted by Gasteiger charge is 2.27. The second-order valence-electron chi connectivity index (χ2n) is 6.01. The maximum Gasteiger partial charge on any atom is 0.265 e. The number of carbonyl (C=O) groups excluding carboxylic acids is 1. The van der Waals surface area contributed by atoms with Gasteiger partial charge in [-0.2, -0.15) is 0 Å².